The maximum absolute atomic E-state index is 12.1. The predicted octanol–water partition coefficient (Wildman–Crippen LogP) is 3.86. The van der Waals surface area contributed by atoms with E-state index in [2.05, 4.69) is 16.9 Å². The van der Waals surface area contributed by atoms with E-state index in [0.29, 0.717) is 11.3 Å². The van der Waals surface area contributed by atoms with E-state index in [4.69, 9.17) is 0 Å². The van der Waals surface area contributed by atoms with Crippen molar-refractivity contribution < 1.29 is 4.79 Å². The number of rotatable bonds is 4. The first-order chi connectivity index (χ1) is 9.74. The quantitative estimate of drug-likeness (QED) is 0.673. The second-order valence-electron chi connectivity index (χ2n) is 4.21. The molecule has 0 bridgehead atoms. The number of para-hydroxylation sites is 1. The van der Waals surface area contributed by atoms with Gasteiger partial charge in [-0.2, -0.15) is 0 Å². The molecule has 0 spiro atoms. The van der Waals surface area contributed by atoms with Gasteiger partial charge in [-0.05, 0) is 25.1 Å². The maximum Gasteiger partial charge on any atom is 0.255 e. The highest BCUT2D eigenvalue weighted by atomic mass is 16.1. The molecule has 2 aromatic rings. The van der Waals surface area contributed by atoms with Crippen molar-refractivity contribution in [1.82, 2.24) is 4.98 Å². The number of amides is 1. The number of nitrogens with one attached hydrogen (secondary N) is 1. The largest absolute Gasteiger partial charge is 0.321 e. The van der Waals surface area contributed by atoms with Gasteiger partial charge in [0.2, 0.25) is 0 Å². The first-order valence-corrected chi connectivity index (χ1v) is 6.36. The fraction of sp³-hybridized carbons (Fsp3) is 0.0588. The van der Waals surface area contributed by atoms with Crippen LogP contribution < -0.4 is 5.32 Å². The van der Waals surface area contributed by atoms with Crippen molar-refractivity contribution in [2.75, 3.05) is 5.32 Å². The Labute approximate surface area is 118 Å². The van der Waals surface area contributed by atoms with Crippen LogP contribution in [0.1, 0.15) is 6.92 Å². The van der Waals surface area contributed by atoms with Crippen LogP contribution in [0.3, 0.4) is 0 Å². The molecule has 3 nitrogen and oxygen atoms in total. The van der Waals surface area contributed by atoms with Gasteiger partial charge in [-0.15, -0.1) is 0 Å². The van der Waals surface area contributed by atoms with Gasteiger partial charge in [0.1, 0.15) is 0 Å². The normalized spacial score (nSPS) is 11.8. The lowest BCUT2D eigenvalue weighted by atomic mass is 10.2. The number of carbonyl (C=O) groups excluding carboxylic acids is 1. The second-order valence-corrected chi connectivity index (χ2v) is 4.21. The molecule has 1 aromatic carbocycles. The van der Waals surface area contributed by atoms with E-state index in [0.717, 1.165) is 10.9 Å². The molecule has 100 valence electrons. The molecule has 0 saturated carbocycles. The first kappa shape index (κ1) is 13.7. The highest BCUT2D eigenvalue weighted by Gasteiger charge is 2.06. The fourth-order valence-corrected chi connectivity index (χ4v) is 1.82. The third-order valence-electron chi connectivity index (χ3n) is 2.83. The average Bonchev–Trinajstić information content (AvgIpc) is 2.48. The van der Waals surface area contributed by atoms with Crippen LogP contribution in [0, 0.1) is 0 Å². The summed E-state index contributed by atoms with van der Waals surface area (Å²) in [7, 11) is 0. The Hall–Kier alpha value is -2.68. The van der Waals surface area contributed by atoms with Gasteiger partial charge in [-0.1, -0.05) is 43.0 Å². The van der Waals surface area contributed by atoms with Gasteiger partial charge in [0.15, 0.2) is 0 Å². The van der Waals surface area contributed by atoms with Gasteiger partial charge in [0.05, 0.1) is 17.4 Å². The van der Waals surface area contributed by atoms with E-state index in [1.807, 2.05) is 37.3 Å². The smallest absolute Gasteiger partial charge is 0.255 e. The SMILES string of the molecule is C=C/C=C\C(=C/C)C(=O)Nc1cnc2ccccc2c1. The summed E-state index contributed by atoms with van der Waals surface area (Å²) in [4.78, 5) is 16.4. The fourth-order valence-electron chi connectivity index (χ4n) is 1.82. The summed E-state index contributed by atoms with van der Waals surface area (Å²) in [6, 6.07) is 9.69. The van der Waals surface area contributed by atoms with Crippen LogP contribution in [0.2, 0.25) is 0 Å². The average molecular weight is 264 g/mol. The van der Waals surface area contributed by atoms with Crippen molar-refractivity contribution in [2.45, 2.75) is 6.92 Å². The number of aromatic nitrogens is 1. The Morgan fingerprint density at radius 1 is 1.35 bits per heavy atom. The zero-order valence-corrected chi connectivity index (χ0v) is 11.3. The van der Waals surface area contributed by atoms with E-state index in [-0.39, 0.29) is 5.91 Å². The Bertz CT molecular complexity index is 699. The van der Waals surface area contributed by atoms with Gasteiger partial charge in [0.25, 0.3) is 5.91 Å². The number of hydrogen-bond donors (Lipinski definition) is 1. The zero-order chi connectivity index (χ0) is 14.4. The molecule has 20 heavy (non-hydrogen) atoms. The molecule has 1 N–H and O–H groups in total. The van der Waals surface area contributed by atoms with Crippen molar-refractivity contribution in [1.29, 1.82) is 0 Å². The summed E-state index contributed by atoms with van der Waals surface area (Å²) in [5.74, 6) is -0.164. The molecule has 0 saturated heterocycles. The molecule has 1 aromatic heterocycles. The van der Waals surface area contributed by atoms with Crippen LogP contribution in [0.5, 0.6) is 0 Å². The topological polar surface area (TPSA) is 42.0 Å². The number of fused-ring (bicyclic) bond motifs is 1. The summed E-state index contributed by atoms with van der Waals surface area (Å²) < 4.78 is 0. The van der Waals surface area contributed by atoms with Gasteiger partial charge in [0, 0.05) is 11.0 Å². The third-order valence-corrected chi connectivity index (χ3v) is 2.83. The maximum atomic E-state index is 12.1. The molecule has 0 atom stereocenters. The summed E-state index contributed by atoms with van der Waals surface area (Å²) in [6.07, 6.45) is 8.49. The number of anilines is 1. The number of benzene rings is 1. The minimum absolute atomic E-state index is 0.164. The molecule has 0 aliphatic heterocycles. The summed E-state index contributed by atoms with van der Waals surface area (Å²) in [5, 5.41) is 3.83. The molecule has 0 aliphatic rings. The molecule has 0 unspecified atom stereocenters. The predicted molar refractivity (Wildman–Crippen MR) is 83.5 cm³/mol. The first-order valence-electron chi connectivity index (χ1n) is 6.36. The summed E-state index contributed by atoms with van der Waals surface area (Å²) in [6.45, 7) is 5.41. The Kier molecular flexibility index (Phi) is 4.45. The Morgan fingerprint density at radius 3 is 2.90 bits per heavy atom. The number of hydrogen-bond acceptors (Lipinski definition) is 2. The minimum atomic E-state index is -0.164. The molecule has 0 radical (unpaired) electrons. The van der Waals surface area contributed by atoms with E-state index in [1.165, 1.54) is 0 Å². The highest BCUT2D eigenvalue weighted by Crippen LogP contribution is 2.16. The lowest BCUT2D eigenvalue weighted by molar-refractivity contribution is -0.112. The van der Waals surface area contributed by atoms with Gasteiger partial charge in [-0.3, -0.25) is 9.78 Å². The molecule has 3 heteroatoms. The standard InChI is InChI=1S/C17H16N2O/c1-3-5-8-13(4-2)17(20)19-15-11-14-9-6-7-10-16(14)18-12-15/h3-12H,1H2,2H3,(H,19,20)/b8-5-,13-4+. The minimum Gasteiger partial charge on any atom is -0.321 e. The van der Waals surface area contributed by atoms with Gasteiger partial charge in [-0.25, -0.2) is 0 Å². The Balaban J connectivity index is 2.21. The van der Waals surface area contributed by atoms with Crippen LogP contribution in [0.15, 0.2) is 73.0 Å². The van der Waals surface area contributed by atoms with Crippen LogP contribution in [0.25, 0.3) is 10.9 Å². The van der Waals surface area contributed by atoms with Gasteiger partial charge >= 0.3 is 0 Å². The molecule has 1 amide bonds. The summed E-state index contributed by atoms with van der Waals surface area (Å²) >= 11 is 0. The molecule has 0 aliphatic carbocycles. The molecular formula is C17H16N2O. The highest BCUT2D eigenvalue weighted by molar-refractivity contribution is 6.06. The second kappa shape index (κ2) is 6.48. The van der Waals surface area contributed by atoms with Crippen molar-refractivity contribution in [3.8, 4) is 0 Å². The van der Waals surface area contributed by atoms with Crippen molar-refractivity contribution in [3.05, 3.63) is 73.0 Å². The van der Waals surface area contributed by atoms with E-state index >= 15 is 0 Å². The van der Waals surface area contributed by atoms with Crippen LogP contribution in [0.4, 0.5) is 5.69 Å². The summed E-state index contributed by atoms with van der Waals surface area (Å²) in [5.41, 5.74) is 2.17. The molecule has 2 rings (SSSR count). The molecule has 0 fully saturated rings. The van der Waals surface area contributed by atoms with Crippen LogP contribution in [-0.2, 0) is 4.79 Å². The lowest BCUT2D eigenvalue weighted by Crippen LogP contribution is -2.13. The molecule has 1 heterocycles. The van der Waals surface area contributed by atoms with Crippen LogP contribution >= 0.6 is 0 Å². The lowest BCUT2D eigenvalue weighted by Gasteiger charge is -2.06. The number of carbonyl (C=O) groups is 1. The van der Waals surface area contributed by atoms with E-state index in [9.17, 15) is 4.79 Å². The monoisotopic (exact) mass is 264 g/mol. The zero-order valence-electron chi connectivity index (χ0n) is 11.3. The van der Waals surface area contributed by atoms with Crippen LogP contribution in [-0.4, -0.2) is 10.9 Å². The van der Waals surface area contributed by atoms with Gasteiger partial charge < -0.3 is 5.32 Å². The van der Waals surface area contributed by atoms with E-state index < -0.39 is 0 Å². The number of allylic oxidation sites excluding steroid dienone is 3. The number of nitrogens with zero attached hydrogens (tertiary/aromatic N) is 1. The van der Waals surface area contributed by atoms with E-state index in [1.54, 1.807) is 30.5 Å². The van der Waals surface area contributed by atoms with Crippen molar-refractivity contribution >= 4 is 22.5 Å². The van der Waals surface area contributed by atoms with Crippen molar-refractivity contribution in [2.24, 2.45) is 0 Å². The Morgan fingerprint density at radius 2 is 2.15 bits per heavy atom. The molecular weight excluding hydrogens is 248 g/mol. The third kappa shape index (κ3) is 3.20. The van der Waals surface area contributed by atoms with Crippen molar-refractivity contribution in [3.63, 3.8) is 0 Å². The number of pyridine rings is 1.